The van der Waals surface area contributed by atoms with Gasteiger partial charge in [0.05, 0.1) is 0 Å². The maximum atomic E-state index is 6.36. The van der Waals surface area contributed by atoms with E-state index < -0.39 is 6.16 Å². The van der Waals surface area contributed by atoms with Crippen LogP contribution < -0.4 is 18.9 Å². The topological polar surface area (TPSA) is 86.4 Å². The van der Waals surface area contributed by atoms with E-state index in [9.17, 15) is 0 Å². The molecule has 0 N–H and O–H groups in total. The highest BCUT2D eigenvalue weighted by molar-refractivity contribution is 5.66. The predicted molar refractivity (Wildman–Crippen MR) is 129 cm³/mol. The summed E-state index contributed by atoms with van der Waals surface area (Å²) in [5.74, 6) is 1.31. The molecule has 1 spiro atoms. The first kappa shape index (κ1) is 20.4. The quantitative estimate of drug-likeness (QED) is 0.288. The summed E-state index contributed by atoms with van der Waals surface area (Å²) in [6, 6.07) is 33.8. The van der Waals surface area contributed by atoms with Gasteiger partial charge < -0.3 is 18.9 Å². The largest absolute Gasteiger partial charge is 0.611 e. The van der Waals surface area contributed by atoms with Crippen molar-refractivity contribution in [3.8, 4) is 23.0 Å². The zero-order valence-electron chi connectivity index (χ0n) is 18.2. The van der Waals surface area contributed by atoms with Crippen molar-refractivity contribution in [3.63, 3.8) is 0 Å². The van der Waals surface area contributed by atoms with Crippen LogP contribution in [0, 0.1) is 0 Å². The van der Waals surface area contributed by atoms with Gasteiger partial charge in [-0.3, -0.25) is 0 Å². The molecule has 4 aromatic carbocycles. The minimum atomic E-state index is -2.15. The lowest BCUT2D eigenvalue weighted by Gasteiger charge is -2.33. The maximum absolute atomic E-state index is 6.36. The van der Waals surface area contributed by atoms with Crippen molar-refractivity contribution in [2.75, 3.05) is 0 Å². The van der Waals surface area contributed by atoms with Gasteiger partial charge in [0, 0.05) is 0 Å². The van der Waals surface area contributed by atoms with Crippen LogP contribution in [-0.2, 0) is 0 Å². The van der Waals surface area contributed by atoms with E-state index in [0.29, 0.717) is 45.7 Å². The van der Waals surface area contributed by atoms with Crippen LogP contribution >= 0.6 is 0 Å². The third kappa shape index (κ3) is 4.14. The van der Waals surface area contributed by atoms with E-state index >= 15 is 0 Å². The van der Waals surface area contributed by atoms with Gasteiger partial charge in [-0.15, -0.1) is 0 Å². The van der Waals surface area contributed by atoms with Crippen molar-refractivity contribution in [2.45, 2.75) is 6.16 Å². The van der Waals surface area contributed by atoms with Gasteiger partial charge in [-0.2, -0.15) is 20.0 Å². The van der Waals surface area contributed by atoms with Gasteiger partial charge in [-0.05, 0) is 48.5 Å². The Morgan fingerprint density at radius 3 is 0.943 bits per heavy atom. The average Bonchev–Trinajstić information content (AvgIpc) is 2.88. The summed E-state index contributed by atoms with van der Waals surface area (Å²) < 4.78 is 25.4. The van der Waals surface area contributed by atoms with Crippen LogP contribution in [0.2, 0.25) is 0 Å². The zero-order chi connectivity index (χ0) is 23.5. The molecule has 2 heterocycles. The molecule has 0 fully saturated rings. The Kier molecular flexibility index (Phi) is 5.05. The molecule has 0 saturated carbocycles. The third-order valence-corrected chi connectivity index (χ3v) is 5.08. The molecule has 0 bridgehead atoms. The number of fused-ring (bicyclic) bond motifs is 4. The third-order valence-electron chi connectivity index (χ3n) is 5.08. The highest BCUT2D eigenvalue weighted by Crippen LogP contribution is 2.41. The molecule has 0 atom stereocenters. The molecule has 0 radical (unpaired) electrons. The summed E-state index contributed by atoms with van der Waals surface area (Å²) in [5, 5.41) is 0. The molecule has 35 heavy (non-hydrogen) atoms. The van der Waals surface area contributed by atoms with E-state index in [4.69, 9.17) is 18.9 Å². The lowest BCUT2D eigenvalue weighted by Crippen LogP contribution is -2.53. The fourth-order valence-corrected chi connectivity index (χ4v) is 3.47. The normalized spacial score (nSPS) is 17.4. The molecule has 2 aliphatic rings. The van der Waals surface area contributed by atoms with Crippen LogP contribution in [0.1, 0.15) is 0 Å². The van der Waals surface area contributed by atoms with E-state index in [0.717, 1.165) is 0 Å². The minimum Gasteiger partial charge on any atom is -0.384 e. The summed E-state index contributed by atoms with van der Waals surface area (Å²) >= 11 is 0. The van der Waals surface area contributed by atoms with Crippen molar-refractivity contribution in [2.24, 2.45) is 20.0 Å². The fraction of sp³-hybridized carbons (Fsp3) is 0.0370. The van der Waals surface area contributed by atoms with E-state index in [1.165, 1.54) is 0 Å². The van der Waals surface area contributed by atoms with Crippen LogP contribution in [0.25, 0.3) is 0 Å². The molecule has 0 saturated heterocycles. The predicted octanol–water partition coefficient (Wildman–Crippen LogP) is 6.81. The number of ether oxygens (including phenoxy) is 4. The molecular formula is C27H16N4O4. The van der Waals surface area contributed by atoms with Crippen LogP contribution in [0.15, 0.2) is 117 Å². The maximum Gasteiger partial charge on any atom is 0.611 e. The monoisotopic (exact) mass is 460 g/mol. The Hall–Kier alpha value is -5.16. The zero-order valence-corrected chi connectivity index (χ0v) is 18.2. The Labute approximate surface area is 200 Å². The first-order valence-corrected chi connectivity index (χ1v) is 10.7. The van der Waals surface area contributed by atoms with Gasteiger partial charge in [-0.25, -0.2) is 0 Å². The molecule has 6 rings (SSSR count). The fourth-order valence-electron chi connectivity index (χ4n) is 3.47. The second kappa shape index (κ2) is 8.65. The van der Waals surface area contributed by atoms with Crippen LogP contribution in [-0.4, -0.2) is 18.2 Å². The molecule has 4 aromatic rings. The lowest BCUT2D eigenvalue weighted by atomic mass is 10.3. The van der Waals surface area contributed by atoms with Crippen molar-refractivity contribution < 1.29 is 18.9 Å². The van der Waals surface area contributed by atoms with Crippen LogP contribution in [0.4, 0.5) is 22.7 Å². The number of rotatable bonds is 0. The molecule has 168 valence electrons. The van der Waals surface area contributed by atoms with Gasteiger partial charge in [0.2, 0.25) is 0 Å². The van der Waals surface area contributed by atoms with Gasteiger partial charge in [0.1, 0.15) is 34.8 Å². The van der Waals surface area contributed by atoms with Crippen molar-refractivity contribution in [3.05, 3.63) is 97.1 Å². The highest BCUT2D eigenvalue weighted by atomic mass is 17.0. The molecule has 0 aromatic heterocycles. The summed E-state index contributed by atoms with van der Waals surface area (Å²) in [4.78, 5) is 17.3. The first-order valence-electron chi connectivity index (χ1n) is 10.7. The number of aliphatic imine (C=N–C) groups is 4. The van der Waals surface area contributed by atoms with Crippen LogP contribution in [0.5, 0.6) is 23.0 Å². The first-order chi connectivity index (χ1) is 17.3. The van der Waals surface area contributed by atoms with Gasteiger partial charge in [0.15, 0.2) is 23.0 Å². The molecule has 8 nitrogen and oxygen atoms in total. The number of hydrogen-bond acceptors (Lipinski definition) is 8. The molecule has 0 amide bonds. The number of nitrogens with zero attached hydrogens (tertiary/aromatic N) is 4. The Morgan fingerprint density at radius 2 is 0.657 bits per heavy atom. The standard InChI is InChI=1S/C27H16N4O4/c1-5-13-23-19(9-1)28-17-29-20-10-2-6-14-24(20)33-27(32-23)34-25-15-7-3-11-21(25)30-18-31-22-12-4-8-16-26(22)35-27/h1-16H. The van der Waals surface area contributed by atoms with Crippen LogP contribution in [0.3, 0.4) is 0 Å². The van der Waals surface area contributed by atoms with Crippen molar-refractivity contribution in [1.82, 2.24) is 0 Å². The molecule has 0 aliphatic carbocycles. The van der Waals surface area contributed by atoms with Gasteiger partial charge in [-0.1, -0.05) is 48.5 Å². The summed E-state index contributed by atoms with van der Waals surface area (Å²) in [5.41, 5.74) is 1.84. The second-order valence-corrected chi connectivity index (χ2v) is 7.43. The Bertz CT molecular complexity index is 1320. The molecular weight excluding hydrogens is 444 g/mol. The van der Waals surface area contributed by atoms with Gasteiger partial charge in [0.25, 0.3) is 0 Å². The molecule has 2 aliphatic heterocycles. The number of para-hydroxylation sites is 8. The highest BCUT2D eigenvalue weighted by Gasteiger charge is 2.46. The number of hydrogen-bond donors (Lipinski definition) is 0. The van der Waals surface area contributed by atoms with Gasteiger partial charge >= 0.3 is 6.16 Å². The second-order valence-electron chi connectivity index (χ2n) is 7.43. The van der Waals surface area contributed by atoms with Crippen molar-refractivity contribution >= 4 is 34.8 Å². The lowest BCUT2D eigenvalue weighted by molar-refractivity contribution is -0.366. The SMILES string of the molecule is C1=Nc2ccccc2OC2(Oc3ccccc3N=1)Oc1ccccc1N=C=Nc1ccccc1O2. The Morgan fingerprint density at radius 1 is 0.400 bits per heavy atom. The minimum absolute atomic E-state index is 0.327. The molecule has 8 heteroatoms. The van der Waals surface area contributed by atoms with E-state index in [-0.39, 0.29) is 0 Å². The van der Waals surface area contributed by atoms with Crippen molar-refractivity contribution in [1.29, 1.82) is 0 Å². The average molecular weight is 460 g/mol. The molecule has 0 unspecified atom stereocenters. The smallest absolute Gasteiger partial charge is 0.384 e. The summed E-state index contributed by atoms with van der Waals surface area (Å²) in [7, 11) is 0. The van der Waals surface area contributed by atoms with E-state index in [1.54, 1.807) is 72.8 Å². The Balaban J connectivity index is 1.61. The summed E-state index contributed by atoms with van der Waals surface area (Å²) in [6.45, 7) is 0. The van der Waals surface area contributed by atoms with E-state index in [2.05, 4.69) is 32.0 Å². The van der Waals surface area contributed by atoms with E-state index in [1.807, 2.05) is 24.3 Å². The summed E-state index contributed by atoms with van der Waals surface area (Å²) in [6.07, 6.45) is -2.15. The number of benzene rings is 4.